The van der Waals surface area contributed by atoms with Crippen molar-refractivity contribution in [1.29, 1.82) is 0 Å². The molecule has 0 N–H and O–H groups in total. The van der Waals surface area contributed by atoms with Gasteiger partial charge in [0, 0.05) is 35.8 Å². The molecule has 4 heteroatoms. The molecular formula is C16H14N2O2. The standard InChI is InChI=1S/C16H14N2O2/c1-12-4-2-7-16-15(12)8-9-17(16)11-13-5-3-6-14(10-13)18(19)20/h2-10H,11H2,1H3. The molecule has 0 atom stereocenters. The lowest BCUT2D eigenvalue weighted by Gasteiger charge is -2.06. The van der Waals surface area contributed by atoms with Crippen LogP contribution in [0.15, 0.2) is 54.7 Å². The van der Waals surface area contributed by atoms with Crippen LogP contribution in [0, 0.1) is 17.0 Å². The molecule has 20 heavy (non-hydrogen) atoms. The van der Waals surface area contributed by atoms with Crippen LogP contribution in [0.25, 0.3) is 10.9 Å². The van der Waals surface area contributed by atoms with Crippen molar-refractivity contribution in [2.75, 3.05) is 0 Å². The number of fused-ring (bicyclic) bond motifs is 1. The number of non-ortho nitro benzene ring substituents is 1. The molecule has 0 fully saturated rings. The lowest BCUT2D eigenvalue weighted by Crippen LogP contribution is -1.98. The number of nitro benzene ring substituents is 1. The molecule has 0 spiro atoms. The Bertz CT molecular complexity index is 790. The van der Waals surface area contributed by atoms with Gasteiger partial charge in [0.2, 0.25) is 0 Å². The van der Waals surface area contributed by atoms with Crippen molar-refractivity contribution in [1.82, 2.24) is 4.57 Å². The third-order valence-electron chi connectivity index (χ3n) is 3.51. The largest absolute Gasteiger partial charge is 0.343 e. The van der Waals surface area contributed by atoms with E-state index in [-0.39, 0.29) is 10.6 Å². The summed E-state index contributed by atoms with van der Waals surface area (Å²) in [6, 6.07) is 15.0. The number of hydrogen-bond donors (Lipinski definition) is 0. The van der Waals surface area contributed by atoms with E-state index in [0.29, 0.717) is 6.54 Å². The first-order valence-electron chi connectivity index (χ1n) is 6.43. The molecule has 0 radical (unpaired) electrons. The number of hydrogen-bond acceptors (Lipinski definition) is 2. The van der Waals surface area contributed by atoms with Gasteiger partial charge in [0.1, 0.15) is 0 Å². The summed E-state index contributed by atoms with van der Waals surface area (Å²) < 4.78 is 2.11. The highest BCUT2D eigenvalue weighted by molar-refractivity contribution is 5.83. The van der Waals surface area contributed by atoms with Gasteiger partial charge >= 0.3 is 0 Å². The van der Waals surface area contributed by atoms with Crippen molar-refractivity contribution in [3.05, 3.63) is 76.0 Å². The lowest BCUT2D eigenvalue weighted by molar-refractivity contribution is -0.384. The van der Waals surface area contributed by atoms with E-state index >= 15 is 0 Å². The van der Waals surface area contributed by atoms with Gasteiger partial charge in [0.15, 0.2) is 0 Å². The van der Waals surface area contributed by atoms with Gasteiger partial charge in [-0.15, -0.1) is 0 Å². The van der Waals surface area contributed by atoms with Gasteiger partial charge in [-0.2, -0.15) is 0 Å². The summed E-state index contributed by atoms with van der Waals surface area (Å²) in [6.07, 6.45) is 2.02. The molecule has 0 unspecified atom stereocenters. The molecule has 2 aromatic carbocycles. The van der Waals surface area contributed by atoms with Crippen LogP contribution in [-0.2, 0) is 6.54 Å². The highest BCUT2D eigenvalue weighted by Gasteiger charge is 2.07. The maximum absolute atomic E-state index is 10.8. The Kier molecular flexibility index (Phi) is 2.99. The number of nitro groups is 1. The van der Waals surface area contributed by atoms with Crippen LogP contribution in [0.5, 0.6) is 0 Å². The Morgan fingerprint density at radius 3 is 2.75 bits per heavy atom. The maximum Gasteiger partial charge on any atom is 0.269 e. The Morgan fingerprint density at radius 1 is 1.15 bits per heavy atom. The van der Waals surface area contributed by atoms with Crippen LogP contribution < -0.4 is 0 Å². The van der Waals surface area contributed by atoms with E-state index in [1.165, 1.54) is 17.0 Å². The molecule has 0 saturated heterocycles. The monoisotopic (exact) mass is 266 g/mol. The Morgan fingerprint density at radius 2 is 1.95 bits per heavy atom. The van der Waals surface area contributed by atoms with Gasteiger partial charge in [-0.25, -0.2) is 0 Å². The fraction of sp³-hybridized carbons (Fsp3) is 0.125. The average molecular weight is 266 g/mol. The smallest absolute Gasteiger partial charge is 0.269 e. The minimum Gasteiger partial charge on any atom is -0.343 e. The molecule has 0 saturated carbocycles. The molecule has 0 bridgehead atoms. The first-order valence-corrected chi connectivity index (χ1v) is 6.43. The zero-order chi connectivity index (χ0) is 14.1. The van der Waals surface area contributed by atoms with Gasteiger partial charge in [-0.1, -0.05) is 24.3 Å². The van der Waals surface area contributed by atoms with Crippen LogP contribution in [0.4, 0.5) is 5.69 Å². The summed E-state index contributed by atoms with van der Waals surface area (Å²) >= 11 is 0. The molecule has 100 valence electrons. The normalized spacial score (nSPS) is 10.8. The van der Waals surface area contributed by atoms with Crippen LogP contribution in [0.3, 0.4) is 0 Å². The van der Waals surface area contributed by atoms with Crippen LogP contribution >= 0.6 is 0 Å². The first kappa shape index (κ1) is 12.4. The average Bonchev–Trinajstić information content (AvgIpc) is 2.84. The molecule has 3 aromatic rings. The van der Waals surface area contributed by atoms with Crippen LogP contribution in [0.1, 0.15) is 11.1 Å². The van der Waals surface area contributed by atoms with E-state index in [2.05, 4.69) is 29.7 Å². The second-order valence-corrected chi connectivity index (χ2v) is 4.88. The fourth-order valence-electron chi connectivity index (χ4n) is 2.48. The third-order valence-corrected chi connectivity index (χ3v) is 3.51. The van der Waals surface area contributed by atoms with Gasteiger partial charge in [-0.05, 0) is 30.2 Å². The molecule has 0 aliphatic rings. The number of benzene rings is 2. The Balaban J connectivity index is 1.99. The van der Waals surface area contributed by atoms with Crippen LogP contribution in [0.2, 0.25) is 0 Å². The number of rotatable bonds is 3. The van der Waals surface area contributed by atoms with Crippen molar-refractivity contribution < 1.29 is 4.92 Å². The molecule has 0 aliphatic carbocycles. The molecule has 3 rings (SSSR count). The summed E-state index contributed by atoms with van der Waals surface area (Å²) in [5, 5.41) is 12.0. The second kappa shape index (κ2) is 4.81. The van der Waals surface area contributed by atoms with Crippen molar-refractivity contribution in [3.63, 3.8) is 0 Å². The van der Waals surface area contributed by atoms with Crippen molar-refractivity contribution >= 4 is 16.6 Å². The Labute approximate surface area is 116 Å². The van der Waals surface area contributed by atoms with Gasteiger partial charge < -0.3 is 4.57 Å². The number of aromatic nitrogens is 1. The quantitative estimate of drug-likeness (QED) is 0.533. The van der Waals surface area contributed by atoms with Crippen molar-refractivity contribution in [2.24, 2.45) is 0 Å². The predicted octanol–water partition coefficient (Wildman–Crippen LogP) is 3.91. The van der Waals surface area contributed by atoms with Crippen molar-refractivity contribution in [3.8, 4) is 0 Å². The van der Waals surface area contributed by atoms with E-state index in [1.807, 2.05) is 18.3 Å². The number of nitrogens with zero attached hydrogens (tertiary/aromatic N) is 2. The van der Waals surface area contributed by atoms with Gasteiger partial charge in [0.25, 0.3) is 5.69 Å². The first-order chi connectivity index (χ1) is 9.65. The summed E-state index contributed by atoms with van der Waals surface area (Å²) in [4.78, 5) is 10.5. The SMILES string of the molecule is Cc1cccc2c1ccn2Cc1cccc([N+](=O)[O-])c1. The molecule has 1 aromatic heterocycles. The predicted molar refractivity (Wildman–Crippen MR) is 78.9 cm³/mol. The summed E-state index contributed by atoms with van der Waals surface area (Å²) in [5.74, 6) is 0. The van der Waals surface area contributed by atoms with E-state index in [0.717, 1.165) is 11.1 Å². The molecular weight excluding hydrogens is 252 g/mol. The van der Waals surface area contributed by atoms with Gasteiger partial charge in [0.05, 0.1) is 4.92 Å². The molecule has 0 aliphatic heterocycles. The molecule has 0 amide bonds. The zero-order valence-electron chi connectivity index (χ0n) is 11.1. The second-order valence-electron chi connectivity index (χ2n) is 4.88. The van der Waals surface area contributed by atoms with E-state index in [9.17, 15) is 10.1 Å². The highest BCUT2D eigenvalue weighted by atomic mass is 16.6. The van der Waals surface area contributed by atoms with Gasteiger partial charge in [-0.3, -0.25) is 10.1 Å². The topological polar surface area (TPSA) is 48.1 Å². The zero-order valence-corrected chi connectivity index (χ0v) is 11.1. The highest BCUT2D eigenvalue weighted by Crippen LogP contribution is 2.21. The third kappa shape index (κ3) is 2.16. The lowest BCUT2D eigenvalue weighted by atomic mass is 10.1. The van der Waals surface area contributed by atoms with E-state index < -0.39 is 0 Å². The van der Waals surface area contributed by atoms with E-state index in [1.54, 1.807) is 12.1 Å². The summed E-state index contributed by atoms with van der Waals surface area (Å²) in [6.45, 7) is 2.72. The van der Waals surface area contributed by atoms with E-state index in [4.69, 9.17) is 0 Å². The fourth-order valence-corrected chi connectivity index (χ4v) is 2.48. The van der Waals surface area contributed by atoms with Crippen LogP contribution in [-0.4, -0.2) is 9.49 Å². The van der Waals surface area contributed by atoms with Crippen molar-refractivity contribution in [2.45, 2.75) is 13.5 Å². The molecule has 4 nitrogen and oxygen atoms in total. The minimum absolute atomic E-state index is 0.134. The number of aryl methyl sites for hydroxylation is 1. The maximum atomic E-state index is 10.8. The summed E-state index contributed by atoms with van der Waals surface area (Å²) in [7, 11) is 0. The Hall–Kier alpha value is -2.62. The minimum atomic E-state index is -0.360. The summed E-state index contributed by atoms with van der Waals surface area (Å²) in [5.41, 5.74) is 3.45. The molecule has 1 heterocycles.